The Kier molecular flexibility index (Phi) is 4.66. The molecule has 1 rings (SSSR count). The maximum absolute atomic E-state index is 13.0. The number of alkyl halides is 3. The molecule has 1 N–H and O–H groups in total. The van der Waals surface area contributed by atoms with Gasteiger partial charge in [-0.3, -0.25) is 4.79 Å². The number of rotatable bonds is 4. The highest BCUT2D eigenvalue weighted by molar-refractivity contribution is 5.90. The quantitative estimate of drug-likeness (QED) is 0.850. The van der Waals surface area contributed by atoms with Crippen LogP contribution in [-0.4, -0.2) is 19.6 Å². The van der Waals surface area contributed by atoms with Crippen LogP contribution in [0.4, 0.5) is 23.2 Å². The lowest BCUT2D eigenvalue weighted by Crippen LogP contribution is -2.15. The largest absolute Gasteiger partial charge is 0.419 e. The minimum atomic E-state index is -4.79. The molecule has 100 valence electrons. The van der Waals surface area contributed by atoms with Crippen molar-refractivity contribution in [2.24, 2.45) is 0 Å². The SMILES string of the molecule is COCCC(=O)Nc1ccc(F)c(C(F)(F)F)c1. The second-order valence-corrected chi connectivity index (χ2v) is 3.48. The first kappa shape index (κ1) is 14.4. The van der Waals surface area contributed by atoms with Gasteiger partial charge in [-0.2, -0.15) is 13.2 Å². The van der Waals surface area contributed by atoms with Crippen molar-refractivity contribution in [2.45, 2.75) is 12.6 Å². The zero-order valence-corrected chi connectivity index (χ0v) is 9.47. The number of carbonyl (C=O) groups excluding carboxylic acids is 1. The van der Waals surface area contributed by atoms with E-state index in [1.54, 1.807) is 0 Å². The lowest BCUT2D eigenvalue weighted by molar-refractivity contribution is -0.140. The van der Waals surface area contributed by atoms with Crippen LogP contribution in [0.1, 0.15) is 12.0 Å². The van der Waals surface area contributed by atoms with Gasteiger partial charge in [0.2, 0.25) is 5.91 Å². The molecule has 3 nitrogen and oxygen atoms in total. The molecular formula is C11H11F4NO2. The van der Waals surface area contributed by atoms with E-state index in [0.29, 0.717) is 12.1 Å². The van der Waals surface area contributed by atoms with Crippen molar-refractivity contribution in [2.75, 3.05) is 19.0 Å². The second-order valence-electron chi connectivity index (χ2n) is 3.48. The predicted octanol–water partition coefficient (Wildman–Crippen LogP) is 2.82. The number of methoxy groups -OCH3 is 1. The Labute approximate surface area is 101 Å². The smallest absolute Gasteiger partial charge is 0.384 e. The van der Waals surface area contributed by atoms with Crippen molar-refractivity contribution in [3.63, 3.8) is 0 Å². The first-order chi connectivity index (χ1) is 8.34. The molecule has 0 unspecified atom stereocenters. The van der Waals surface area contributed by atoms with Gasteiger partial charge in [0, 0.05) is 12.8 Å². The highest BCUT2D eigenvalue weighted by atomic mass is 19.4. The van der Waals surface area contributed by atoms with Crippen molar-refractivity contribution in [3.05, 3.63) is 29.6 Å². The molecule has 0 saturated carbocycles. The summed E-state index contributed by atoms with van der Waals surface area (Å²) in [4.78, 5) is 11.3. The molecule has 0 atom stereocenters. The van der Waals surface area contributed by atoms with Gasteiger partial charge in [0.15, 0.2) is 0 Å². The van der Waals surface area contributed by atoms with E-state index in [0.717, 1.165) is 6.07 Å². The van der Waals surface area contributed by atoms with Crippen molar-refractivity contribution < 1.29 is 27.1 Å². The molecular weight excluding hydrogens is 254 g/mol. The third-order valence-corrected chi connectivity index (χ3v) is 2.09. The molecule has 0 saturated heterocycles. The summed E-state index contributed by atoms with van der Waals surface area (Å²) in [5.41, 5.74) is -1.52. The normalized spacial score (nSPS) is 11.4. The van der Waals surface area contributed by atoms with Gasteiger partial charge in [0.25, 0.3) is 0 Å². The van der Waals surface area contributed by atoms with Gasteiger partial charge in [-0.15, -0.1) is 0 Å². The number of halogens is 4. The van der Waals surface area contributed by atoms with E-state index < -0.39 is 23.5 Å². The molecule has 1 amide bonds. The van der Waals surface area contributed by atoms with E-state index in [4.69, 9.17) is 0 Å². The second kappa shape index (κ2) is 5.81. The molecule has 0 aliphatic heterocycles. The van der Waals surface area contributed by atoms with Crippen LogP contribution < -0.4 is 5.32 Å². The lowest BCUT2D eigenvalue weighted by Gasteiger charge is -2.10. The van der Waals surface area contributed by atoms with E-state index in [1.165, 1.54) is 7.11 Å². The van der Waals surface area contributed by atoms with Gasteiger partial charge in [-0.05, 0) is 18.2 Å². The maximum Gasteiger partial charge on any atom is 0.419 e. The molecule has 0 radical (unpaired) electrons. The number of carbonyl (C=O) groups is 1. The van der Waals surface area contributed by atoms with E-state index in [2.05, 4.69) is 10.1 Å². The zero-order valence-electron chi connectivity index (χ0n) is 9.47. The average molecular weight is 265 g/mol. The van der Waals surface area contributed by atoms with Gasteiger partial charge in [-0.25, -0.2) is 4.39 Å². The summed E-state index contributed by atoms with van der Waals surface area (Å²) in [6.07, 6.45) is -4.79. The average Bonchev–Trinajstić information content (AvgIpc) is 2.27. The fourth-order valence-electron chi connectivity index (χ4n) is 1.24. The van der Waals surface area contributed by atoms with Gasteiger partial charge >= 0.3 is 6.18 Å². The standard InChI is InChI=1S/C11H11F4NO2/c1-18-5-4-10(17)16-7-2-3-9(12)8(6-7)11(13,14)15/h2-3,6H,4-5H2,1H3,(H,16,17). The molecule has 0 aromatic heterocycles. The van der Waals surface area contributed by atoms with Crippen LogP contribution >= 0.6 is 0 Å². The summed E-state index contributed by atoms with van der Waals surface area (Å²) in [6, 6.07) is 2.28. The Morgan fingerprint density at radius 2 is 2.06 bits per heavy atom. The molecule has 0 heterocycles. The summed E-state index contributed by atoms with van der Waals surface area (Å²) in [5, 5.41) is 2.23. The predicted molar refractivity (Wildman–Crippen MR) is 56.5 cm³/mol. The van der Waals surface area contributed by atoms with Crippen molar-refractivity contribution in [3.8, 4) is 0 Å². The summed E-state index contributed by atoms with van der Waals surface area (Å²) >= 11 is 0. The monoisotopic (exact) mass is 265 g/mol. The molecule has 0 fully saturated rings. The molecule has 0 spiro atoms. The number of amides is 1. The van der Waals surface area contributed by atoms with Crippen LogP contribution in [0, 0.1) is 5.82 Å². The molecule has 7 heteroatoms. The number of anilines is 1. The molecule has 0 aliphatic carbocycles. The molecule has 1 aromatic rings. The number of benzene rings is 1. The molecule has 0 aliphatic rings. The highest BCUT2D eigenvalue weighted by Gasteiger charge is 2.34. The third-order valence-electron chi connectivity index (χ3n) is 2.09. The lowest BCUT2D eigenvalue weighted by atomic mass is 10.1. The fraction of sp³-hybridized carbons (Fsp3) is 0.364. The maximum atomic E-state index is 13.0. The van der Waals surface area contributed by atoms with Gasteiger partial charge in [0.05, 0.1) is 18.6 Å². The summed E-state index contributed by atoms with van der Waals surface area (Å²) in [6.45, 7) is 0.152. The first-order valence-corrected chi connectivity index (χ1v) is 5.00. The topological polar surface area (TPSA) is 38.3 Å². The van der Waals surface area contributed by atoms with E-state index in [1.807, 2.05) is 0 Å². The Hall–Kier alpha value is -1.63. The highest BCUT2D eigenvalue weighted by Crippen LogP contribution is 2.32. The Balaban J connectivity index is 2.83. The number of hydrogen-bond acceptors (Lipinski definition) is 2. The van der Waals surface area contributed by atoms with Crippen molar-refractivity contribution >= 4 is 11.6 Å². The van der Waals surface area contributed by atoms with Crippen LogP contribution in [0.25, 0.3) is 0 Å². The molecule has 0 bridgehead atoms. The van der Waals surface area contributed by atoms with Crippen LogP contribution in [0.2, 0.25) is 0 Å². The number of nitrogens with one attached hydrogen (secondary N) is 1. The van der Waals surface area contributed by atoms with Crippen molar-refractivity contribution in [1.29, 1.82) is 0 Å². The summed E-state index contributed by atoms with van der Waals surface area (Å²) < 4.78 is 54.8. The Morgan fingerprint density at radius 1 is 1.39 bits per heavy atom. The van der Waals surface area contributed by atoms with Crippen LogP contribution in [0.5, 0.6) is 0 Å². The molecule has 1 aromatic carbocycles. The van der Waals surface area contributed by atoms with Gasteiger partial charge in [0.1, 0.15) is 5.82 Å². The van der Waals surface area contributed by atoms with E-state index >= 15 is 0 Å². The zero-order chi connectivity index (χ0) is 13.8. The van der Waals surface area contributed by atoms with Crippen LogP contribution in [0.3, 0.4) is 0 Å². The van der Waals surface area contributed by atoms with Crippen LogP contribution in [-0.2, 0) is 15.7 Å². The Bertz CT molecular complexity index is 432. The number of ether oxygens (including phenoxy) is 1. The molecule has 18 heavy (non-hydrogen) atoms. The van der Waals surface area contributed by atoms with E-state index in [-0.39, 0.29) is 18.7 Å². The van der Waals surface area contributed by atoms with Crippen molar-refractivity contribution in [1.82, 2.24) is 0 Å². The summed E-state index contributed by atoms with van der Waals surface area (Å²) in [5.74, 6) is -1.88. The number of hydrogen-bond donors (Lipinski definition) is 1. The van der Waals surface area contributed by atoms with Gasteiger partial charge in [-0.1, -0.05) is 0 Å². The fourth-order valence-corrected chi connectivity index (χ4v) is 1.24. The first-order valence-electron chi connectivity index (χ1n) is 5.00. The minimum absolute atomic E-state index is 0.00915. The minimum Gasteiger partial charge on any atom is -0.384 e. The Morgan fingerprint density at radius 3 is 2.61 bits per heavy atom. The van der Waals surface area contributed by atoms with E-state index in [9.17, 15) is 22.4 Å². The van der Waals surface area contributed by atoms with Crippen LogP contribution in [0.15, 0.2) is 18.2 Å². The van der Waals surface area contributed by atoms with Gasteiger partial charge < -0.3 is 10.1 Å². The third kappa shape index (κ3) is 3.99. The summed E-state index contributed by atoms with van der Waals surface area (Å²) in [7, 11) is 1.40.